The number of nitrogens with one attached hydrogen (secondary N) is 1. The van der Waals surface area contributed by atoms with Gasteiger partial charge in [0.25, 0.3) is 0 Å². The van der Waals surface area contributed by atoms with Gasteiger partial charge in [0.15, 0.2) is 0 Å². The summed E-state index contributed by atoms with van der Waals surface area (Å²) >= 11 is 0. The molecule has 1 N–H and O–H groups in total. The molecule has 0 bridgehead atoms. The minimum Gasteiger partial charge on any atom is -0.466 e. The zero-order chi connectivity index (χ0) is 11.5. The number of rotatable bonds is 3. The van der Waals surface area contributed by atoms with E-state index in [2.05, 4.69) is 11.4 Å². The Hall–Kier alpha value is -0.800. The second-order valence-electron chi connectivity index (χ2n) is 4.58. The highest BCUT2D eigenvalue weighted by atomic mass is 16.5. The normalized spacial score (nSPS) is 19.9. The molecular formula is C13H21NO2. The average Bonchev–Trinajstić information content (AvgIpc) is 2.61. The van der Waals surface area contributed by atoms with Crippen LogP contribution in [-0.2, 0) is 4.74 Å². The van der Waals surface area contributed by atoms with Gasteiger partial charge in [0.05, 0.1) is 0 Å². The standard InChI is InChI=1S/C13H21NO2/c1-9-8-12(10(2)16-9)13(14-3)11-4-6-15-7-5-11/h8,11,13-14H,4-7H2,1-3H3. The zero-order valence-electron chi connectivity index (χ0n) is 10.4. The van der Waals surface area contributed by atoms with Gasteiger partial charge in [0.2, 0.25) is 0 Å². The molecule has 3 heteroatoms. The third kappa shape index (κ3) is 2.30. The van der Waals surface area contributed by atoms with Crippen LogP contribution < -0.4 is 5.32 Å². The summed E-state index contributed by atoms with van der Waals surface area (Å²) in [6.45, 7) is 5.83. The fourth-order valence-corrected chi connectivity index (χ4v) is 2.65. The molecule has 0 radical (unpaired) electrons. The van der Waals surface area contributed by atoms with Crippen molar-refractivity contribution in [3.8, 4) is 0 Å². The van der Waals surface area contributed by atoms with Crippen molar-refractivity contribution in [3.05, 3.63) is 23.2 Å². The van der Waals surface area contributed by atoms with E-state index >= 15 is 0 Å². The van der Waals surface area contributed by atoms with E-state index in [0.29, 0.717) is 12.0 Å². The van der Waals surface area contributed by atoms with Crippen molar-refractivity contribution in [3.63, 3.8) is 0 Å². The molecule has 1 aliphatic rings. The summed E-state index contributed by atoms with van der Waals surface area (Å²) < 4.78 is 11.0. The Morgan fingerprint density at radius 2 is 2.00 bits per heavy atom. The van der Waals surface area contributed by atoms with E-state index in [1.807, 2.05) is 20.9 Å². The topological polar surface area (TPSA) is 34.4 Å². The Balaban J connectivity index is 2.17. The summed E-state index contributed by atoms with van der Waals surface area (Å²) in [5.74, 6) is 2.71. The van der Waals surface area contributed by atoms with Gasteiger partial charge in [-0.1, -0.05) is 0 Å². The van der Waals surface area contributed by atoms with Crippen LogP contribution >= 0.6 is 0 Å². The SMILES string of the molecule is CNC(c1cc(C)oc1C)C1CCOCC1. The van der Waals surface area contributed by atoms with Crippen molar-refractivity contribution < 1.29 is 9.15 Å². The summed E-state index contributed by atoms with van der Waals surface area (Å²) in [5.41, 5.74) is 1.31. The molecule has 0 saturated carbocycles. The number of hydrogen-bond donors (Lipinski definition) is 1. The minimum atomic E-state index is 0.404. The van der Waals surface area contributed by atoms with Crippen LogP contribution in [0.25, 0.3) is 0 Å². The van der Waals surface area contributed by atoms with Gasteiger partial charge in [-0.05, 0) is 45.7 Å². The third-order valence-corrected chi connectivity index (χ3v) is 3.46. The summed E-state index contributed by atoms with van der Waals surface area (Å²) in [5, 5.41) is 3.43. The lowest BCUT2D eigenvalue weighted by molar-refractivity contribution is 0.0544. The lowest BCUT2D eigenvalue weighted by atomic mass is 9.87. The molecule has 1 saturated heterocycles. The van der Waals surface area contributed by atoms with Gasteiger partial charge in [0, 0.05) is 24.8 Å². The molecule has 0 aliphatic carbocycles. The van der Waals surface area contributed by atoms with Crippen molar-refractivity contribution in [1.29, 1.82) is 0 Å². The molecule has 0 aromatic carbocycles. The van der Waals surface area contributed by atoms with Gasteiger partial charge in [-0.3, -0.25) is 0 Å². The van der Waals surface area contributed by atoms with E-state index < -0.39 is 0 Å². The van der Waals surface area contributed by atoms with Gasteiger partial charge in [-0.25, -0.2) is 0 Å². The summed E-state index contributed by atoms with van der Waals surface area (Å²) in [7, 11) is 2.03. The highest BCUT2D eigenvalue weighted by molar-refractivity contribution is 5.24. The highest BCUT2D eigenvalue weighted by Gasteiger charge is 2.26. The molecule has 1 unspecified atom stereocenters. The molecule has 2 rings (SSSR count). The average molecular weight is 223 g/mol. The minimum absolute atomic E-state index is 0.404. The molecule has 1 atom stereocenters. The van der Waals surface area contributed by atoms with Gasteiger partial charge in [-0.15, -0.1) is 0 Å². The predicted octanol–water partition coefficient (Wildman–Crippen LogP) is 2.58. The van der Waals surface area contributed by atoms with Crippen molar-refractivity contribution in [1.82, 2.24) is 5.32 Å². The maximum Gasteiger partial charge on any atom is 0.105 e. The van der Waals surface area contributed by atoms with Crippen LogP contribution in [0.15, 0.2) is 10.5 Å². The lowest BCUT2D eigenvalue weighted by Gasteiger charge is -2.29. The smallest absolute Gasteiger partial charge is 0.105 e. The van der Waals surface area contributed by atoms with Crippen LogP contribution in [0.2, 0.25) is 0 Å². The predicted molar refractivity (Wildman–Crippen MR) is 63.5 cm³/mol. The van der Waals surface area contributed by atoms with Crippen LogP contribution in [0.5, 0.6) is 0 Å². The molecule has 3 nitrogen and oxygen atoms in total. The highest BCUT2D eigenvalue weighted by Crippen LogP contribution is 2.32. The third-order valence-electron chi connectivity index (χ3n) is 3.46. The molecule has 0 spiro atoms. The molecule has 0 amide bonds. The number of aryl methyl sites for hydroxylation is 2. The first-order valence-corrected chi connectivity index (χ1v) is 6.04. The Kier molecular flexibility index (Phi) is 3.66. The summed E-state index contributed by atoms with van der Waals surface area (Å²) in [4.78, 5) is 0. The number of hydrogen-bond acceptors (Lipinski definition) is 3. The van der Waals surface area contributed by atoms with Crippen molar-refractivity contribution in [2.75, 3.05) is 20.3 Å². The fraction of sp³-hybridized carbons (Fsp3) is 0.692. The maximum atomic E-state index is 5.62. The van der Waals surface area contributed by atoms with E-state index in [0.717, 1.165) is 37.6 Å². The Morgan fingerprint density at radius 1 is 1.31 bits per heavy atom. The van der Waals surface area contributed by atoms with Gasteiger partial charge < -0.3 is 14.5 Å². The van der Waals surface area contributed by atoms with E-state index in [9.17, 15) is 0 Å². The lowest BCUT2D eigenvalue weighted by Crippen LogP contribution is -2.30. The summed E-state index contributed by atoms with van der Waals surface area (Å²) in [6.07, 6.45) is 2.27. The fourth-order valence-electron chi connectivity index (χ4n) is 2.65. The van der Waals surface area contributed by atoms with Gasteiger partial charge in [0.1, 0.15) is 11.5 Å². The first-order valence-electron chi connectivity index (χ1n) is 6.04. The van der Waals surface area contributed by atoms with Gasteiger partial charge in [-0.2, -0.15) is 0 Å². The second kappa shape index (κ2) is 5.02. The van der Waals surface area contributed by atoms with E-state index in [1.165, 1.54) is 5.56 Å². The molecule has 2 heterocycles. The van der Waals surface area contributed by atoms with Crippen LogP contribution in [0.3, 0.4) is 0 Å². The van der Waals surface area contributed by atoms with Crippen LogP contribution in [0, 0.1) is 19.8 Å². The molecule has 1 aromatic heterocycles. The molecule has 1 aliphatic heterocycles. The zero-order valence-corrected chi connectivity index (χ0v) is 10.4. The molecule has 1 fully saturated rings. The quantitative estimate of drug-likeness (QED) is 0.855. The number of ether oxygens (including phenoxy) is 1. The molecule has 16 heavy (non-hydrogen) atoms. The Labute approximate surface area is 97.2 Å². The summed E-state index contributed by atoms with van der Waals surface area (Å²) in [6, 6.07) is 2.56. The molecular weight excluding hydrogens is 202 g/mol. The van der Waals surface area contributed by atoms with E-state index in [1.54, 1.807) is 0 Å². The van der Waals surface area contributed by atoms with Crippen LogP contribution in [0.1, 0.15) is 36.0 Å². The second-order valence-corrected chi connectivity index (χ2v) is 4.58. The van der Waals surface area contributed by atoms with Crippen molar-refractivity contribution in [2.45, 2.75) is 32.7 Å². The van der Waals surface area contributed by atoms with Crippen LogP contribution in [-0.4, -0.2) is 20.3 Å². The Bertz CT molecular complexity index is 340. The number of furan rings is 1. The van der Waals surface area contributed by atoms with Crippen molar-refractivity contribution in [2.24, 2.45) is 5.92 Å². The largest absolute Gasteiger partial charge is 0.466 e. The first-order chi connectivity index (χ1) is 7.72. The Morgan fingerprint density at radius 3 is 2.50 bits per heavy atom. The van der Waals surface area contributed by atoms with Crippen LogP contribution in [0.4, 0.5) is 0 Å². The van der Waals surface area contributed by atoms with Crippen molar-refractivity contribution >= 4 is 0 Å². The first kappa shape index (κ1) is 11.7. The van der Waals surface area contributed by atoms with Gasteiger partial charge >= 0.3 is 0 Å². The molecule has 1 aromatic rings. The van der Waals surface area contributed by atoms with E-state index in [-0.39, 0.29) is 0 Å². The monoisotopic (exact) mass is 223 g/mol. The van der Waals surface area contributed by atoms with E-state index in [4.69, 9.17) is 9.15 Å². The molecule has 90 valence electrons. The maximum absolute atomic E-state index is 5.62.